The summed E-state index contributed by atoms with van der Waals surface area (Å²) in [6, 6.07) is 0. The van der Waals surface area contributed by atoms with E-state index < -0.39 is 0 Å². The van der Waals surface area contributed by atoms with E-state index in [0.29, 0.717) is 0 Å². The van der Waals surface area contributed by atoms with E-state index in [1.165, 1.54) is 47.7 Å². The van der Waals surface area contributed by atoms with Gasteiger partial charge in [-0.05, 0) is 25.7 Å². The Hall–Kier alpha value is -0.450. The monoisotopic (exact) mass is 238 g/mol. The third-order valence-corrected chi connectivity index (χ3v) is 4.56. The van der Waals surface area contributed by atoms with Crippen molar-refractivity contribution in [3.63, 3.8) is 0 Å². The molecule has 1 atom stereocenters. The number of hydrogen-bond donors (Lipinski definition) is 1. The van der Waals surface area contributed by atoms with Gasteiger partial charge in [-0.3, -0.25) is 0 Å². The Balaban J connectivity index is 1.80. The van der Waals surface area contributed by atoms with Crippen molar-refractivity contribution >= 4 is 11.3 Å². The molecule has 1 aromatic rings. The second-order valence-corrected chi connectivity index (χ2v) is 5.66. The van der Waals surface area contributed by atoms with Gasteiger partial charge in [0.1, 0.15) is 11.1 Å². The summed E-state index contributed by atoms with van der Waals surface area (Å²) in [7, 11) is 0. The SMILES string of the molecule is C1CCc2nc(C3CNCCO3)sc2CC1. The van der Waals surface area contributed by atoms with E-state index in [-0.39, 0.29) is 6.10 Å². The highest BCUT2D eigenvalue weighted by molar-refractivity contribution is 7.11. The first kappa shape index (κ1) is 10.7. The van der Waals surface area contributed by atoms with Crippen LogP contribution in [0, 0.1) is 0 Å². The fourth-order valence-electron chi connectivity index (χ4n) is 2.41. The summed E-state index contributed by atoms with van der Waals surface area (Å²) in [6.07, 6.45) is 6.60. The molecular formula is C12H18N2OS. The van der Waals surface area contributed by atoms with E-state index in [1.807, 2.05) is 11.3 Å². The van der Waals surface area contributed by atoms with Crippen LogP contribution in [0.4, 0.5) is 0 Å². The first-order valence-corrected chi connectivity index (χ1v) is 7.06. The molecule has 4 heteroatoms. The average Bonchev–Trinajstić information content (AvgIpc) is 2.62. The van der Waals surface area contributed by atoms with Gasteiger partial charge in [0.25, 0.3) is 0 Å². The molecule has 0 radical (unpaired) electrons. The predicted octanol–water partition coefficient (Wildman–Crippen LogP) is 2.07. The Kier molecular flexibility index (Phi) is 3.22. The largest absolute Gasteiger partial charge is 0.368 e. The number of nitrogens with one attached hydrogen (secondary N) is 1. The molecule has 88 valence electrons. The number of aromatic nitrogens is 1. The molecule has 1 aromatic heterocycles. The minimum atomic E-state index is 0.200. The minimum Gasteiger partial charge on any atom is -0.368 e. The number of nitrogens with zero attached hydrogens (tertiary/aromatic N) is 1. The van der Waals surface area contributed by atoms with E-state index in [9.17, 15) is 0 Å². The zero-order chi connectivity index (χ0) is 10.8. The first-order chi connectivity index (χ1) is 7.93. The Morgan fingerprint density at radius 3 is 3.06 bits per heavy atom. The van der Waals surface area contributed by atoms with Crippen molar-refractivity contribution in [2.24, 2.45) is 0 Å². The lowest BCUT2D eigenvalue weighted by molar-refractivity contribution is 0.0275. The summed E-state index contributed by atoms with van der Waals surface area (Å²) in [5.41, 5.74) is 1.35. The molecule has 3 rings (SSSR count). The second kappa shape index (κ2) is 4.82. The lowest BCUT2D eigenvalue weighted by atomic mass is 10.2. The van der Waals surface area contributed by atoms with Crippen LogP contribution in [0.25, 0.3) is 0 Å². The molecule has 0 aromatic carbocycles. The molecule has 1 saturated heterocycles. The molecule has 0 bridgehead atoms. The van der Waals surface area contributed by atoms with Gasteiger partial charge in [-0.25, -0.2) is 4.98 Å². The molecule has 16 heavy (non-hydrogen) atoms. The molecule has 1 fully saturated rings. The van der Waals surface area contributed by atoms with Gasteiger partial charge in [0.2, 0.25) is 0 Å². The van der Waals surface area contributed by atoms with E-state index in [1.54, 1.807) is 0 Å². The van der Waals surface area contributed by atoms with Gasteiger partial charge in [-0.1, -0.05) is 6.42 Å². The molecule has 1 N–H and O–H groups in total. The molecule has 1 aliphatic heterocycles. The van der Waals surface area contributed by atoms with Gasteiger partial charge in [0.15, 0.2) is 0 Å². The van der Waals surface area contributed by atoms with Crippen LogP contribution < -0.4 is 5.32 Å². The van der Waals surface area contributed by atoms with Crippen LogP contribution in [0.1, 0.15) is 40.9 Å². The van der Waals surface area contributed by atoms with E-state index in [4.69, 9.17) is 9.72 Å². The Bertz CT molecular complexity index is 334. The maximum absolute atomic E-state index is 5.76. The van der Waals surface area contributed by atoms with Crippen molar-refractivity contribution in [3.05, 3.63) is 15.6 Å². The van der Waals surface area contributed by atoms with Crippen LogP contribution >= 0.6 is 11.3 Å². The fraction of sp³-hybridized carbons (Fsp3) is 0.750. The molecule has 3 nitrogen and oxygen atoms in total. The topological polar surface area (TPSA) is 34.2 Å². The van der Waals surface area contributed by atoms with Gasteiger partial charge >= 0.3 is 0 Å². The highest BCUT2D eigenvalue weighted by Gasteiger charge is 2.22. The summed E-state index contributed by atoms with van der Waals surface area (Å²) in [5, 5.41) is 4.56. The fourth-order valence-corrected chi connectivity index (χ4v) is 3.61. The maximum atomic E-state index is 5.76. The number of rotatable bonds is 1. The zero-order valence-electron chi connectivity index (χ0n) is 9.50. The van der Waals surface area contributed by atoms with Crippen molar-refractivity contribution in [2.45, 2.75) is 38.2 Å². The molecule has 0 spiro atoms. The van der Waals surface area contributed by atoms with E-state index in [0.717, 1.165) is 19.7 Å². The molecule has 0 saturated carbocycles. The third kappa shape index (κ3) is 2.14. The first-order valence-electron chi connectivity index (χ1n) is 6.24. The Morgan fingerprint density at radius 2 is 2.19 bits per heavy atom. The summed E-state index contributed by atoms with van der Waals surface area (Å²) in [6.45, 7) is 2.71. The van der Waals surface area contributed by atoms with Crippen LogP contribution in [-0.4, -0.2) is 24.7 Å². The lowest BCUT2D eigenvalue weighted by Gasteiger charge is -2.21. The molecular weight excluding hydrogens is 220 g/mol. The average molecular weight is 238 g/mol. The van der Waals surface area contributed by atoms with Gasteiger partial charge in [-0.15, -0.1) is 11.3 Å². The Labute approximate surface area is 100 Å². The smallest absolute Gasteiger partial charge is 0.123 e. The highest BCUT2D eigenvalue weighted by atomic mass is 32.1. The predicted molar refractivity (Wildman–Crippen MR) is 64.9 cm³/mol. The lowest BCUT2D eigenvalue weighted by Crippen LogP contribution is -2.33. The zero-order valence-corrected chi connectivity index (χ0v) is 10.3. The maximum Gasteiger partial charge on any atom is 0.123 e. The number of thiazole rings is 1. The standard InChI is InChI=1S/C12H18N2OS/c1-2-4-9-11(5-3-1)16-12(14-9)10-8-13-6-7-15-10/h10,13H,1-8H2. The minimum absolute atomic E-state index is 0.200. The summed E-state index contributed by atoms with van der Waals surface area (Å²) in [5.74, 6) is 0. The molecule has 0 amide bonds. The van der Waals surface area contributed by atoms with Crippen molar-refractivity contribution in [1.82, 2.24) is 10.3 Å². The Morgan fingerprint density at radius 1 is 1.25 bits per heavy atom. The summed E-state index contributed by atoms with van der Waals surface area (Å²) >= 11 is 1.88. The van der Waals surface area contributed by atoms with Gasteiger partial charge < -0.3 is 10.1 Å². The van der Waals surface area contributed by atoms with Crippen LogP contribution in [0.15, 0.2) is 0 Å². The van der Waals surface area contributed by atoms with Gasteiger partial charge in [0, 0.05) is 18.0 Å². The van der Waals surface area contributed by atoms with Crippen molar-refractivity contribution in [2.75, 3.05) is 19.7 Å². The normalized spacial score (nSPS) is 26.1. The number of fused-ring (bicyclic) bond motifs is 1. The number of morpholine rings is 1. The number of aryl methyl sites for hydroxylation is 2. The van der Waals surface area contributed by atoms with Crippen molar-refractivity contribution in [3.8, 4) is 0 Å². The second-order valence-electron chi connectivity index (χ2n) is 4.55. The molecule has 2 heterocycles. The third-order valence-electron chi connectivity index (χ3n) is 3.32. The number of hydrogen-bond acceptors (Lipinski definition) is 4. The van der Waals surface area contributed by atoms with Crippen LogP contribution in [0.5, 0.6) is 0 Å². The molecule has 1 aliphatic carbocycles. The molecule has 2 aliphatic rings. The summed E-state index contributed by atoms with van der Waals surface area (Å²) < 4.78 is 5.76. The van der Waals surface area contributed by atoms with E-state index in [2.05, 4.69) is 5.32 Å². The number of ether oxygens (including phenoxy) is 1. The van der Waals surface area contributed by atoms with Crippen LogP contribution in [0.2, 0.25) is 0 Å². The van der Waals surface area contributed by atoms with E-state index >= 15 is 0 Å². The van der Waals surface area contributed by atoms with Gasteiger partial charge in [-0.2, -0.15) is 0 Å². The highest BCUT2D eigenvalue weighted by Crippen LogP contribution is 2.30. The summed E-state index contributed by atoms with van der Waals surface area (Å²) in [4.78, 5) is 6.30. The quantitative estimate of drug-likeness (QED) is 0.761. The molecule has 1 unspecified atom stereocenters. The van der Waals surface area contributed by atoms with Crippen molar-refractivity contribution < 1.29 is 4.74 Å². The van der Waals surface area contributed by atoms with Gasteiger partial charge in [0.05, 0.1) is 12.3 Å². The van der Waals surface area contributed by atoms with Crippen LogP contribution in [-0.2, 0) is 17.6 Å². The van der Waals surface area contributed by atoms with Crippen molar-refractivity contribution in [1.29, 1.82) is 0 Å². The van der Waals surface area contributed by atoms with Crippen LogP contribution in [0.3, 0.4) is 0 Å².